The van der Waals surface area contributed by atoms with Gasteiger partial charge in [-0.1, -0.05) is 6.07 Å². The highest BCUT2D eigenvalue weighted by molar-refractivity contribution is 9.10. The molecule has 1 saturated heterocycles. The van der Waals surface area contributed by atoms with Crippen LogP contribution in [0.25, 0.3) is 0 Å². The molecule has 1 heterocycles. The first-order chi connectivity index (χ1) is 9.43. The topological polar surface area (TPSA) is 49.4 Å². The zero-order valence-electron chi connectivity index (χ0n) is 11.6. The number of hydrogen-bond donors (Lipinski definition) is 1. The zero-order valence-corrected chi connectivity index (χ0v) is 14.8. The molecule has 1 aromatic rings. The van der Waals surface area contributed by atoms with Crippen LogP contribution in [0.1, 0.15) is 5.56 Å². The van der Waals surface area contributed by atoms with Crippen molar-refractivity contribution < 1.29 is 8.42 Å². The summed E-state index contributed by atoms with van der Waals surface area (Å²) in [7, 11) is -1.18. The maximum Gasteiger partial charge on any atom is 0.169 e. The molecule has 20 heavy (non-hydrogen) atoms. The van der Waals surface area contributed by atoms with Gasteiger partial charge < -0.3 is 10.2 Å². The third-order valence-electron chi connectivity index (χ3n) is 3.28. The lowest BCUT2D eigenvalue weighted by Gasteiger charge is -2.36. The van der Waals surface area contributed by atoms with E-state index in [0.717, 1.165) is 29.0 Å². The first kappa shape index (κ1) is 16.1. The molecule has 4 nitrogen and oxygen atoms in total. The Hall–Kier alpha value is -0.240. The lowest BCUT2D eigenvalue weighted by atomic mass is 10.2. The number of rotatable bonds is 4. The van der Waals surface area contributed by atoms with Gasteiger partial charge in [0.15, 0.2) is 9.84 Å². The van der Waals surface area contributed by atoms with E-state index < -0.39 is 15.2 Å². The van der Waals surface area contributed by atoms with Gasteiger partial charge in [-0.05, 0) is 40.7 Å². The van der Waals surface area contributed by atoms with Crippen molar-refractivity contribution in [3.63, 3.8) is 0 Å². The Kier molecular flexibility index (Phi) is 5.39. The van der Waals surface area contributed by atoms with E-state index >= 15 is 0 Å². The molecule has 0 spiro atoms. The van der Waals surface area contributed by atoms with Crippen LogP contribution in [-0.2, 0) is 16.4 Å². The van der Waals surface area contributed by atoms with Crippen LogP contribution < -0.4 is 10.2 Å². The van der Waals surface area contributed by atoms with Gasteiger partial charge in [-0.25, -0.2) is 8.42 Å². The van der Waals surface area contributed by atoms with E-state index in [4.69, 9.17) is 0 Å². The second-order valence-electron chi connectivity index (χ2n) is 4.87. The van der Waals surface area contributed by atoms with E-state index in [-0.39, 0.29) is 0 Å². The number of anilines is 1. The third kappa shape index (κ3) is 3.69. The highest BCUT2D eigenvalue weighted by atomic mass is 79.9. The fourth-order valence-corrected chi connectivity index (χ4v) is 5.80. The van der Waals surface area contributed by atoms with Gasteiger partial charge in [-0.15, -0.1) is 0 Å². The highest BCUT2D eigenvalue weighted by Gasteiger charge is 2.31. The first-order valence-electron chi connectivity index (χ1n) is 6.40. The summed E-state index contributed by atoms with van der Waals surface area (Å²) in [4.78, 5) is 2.00. The fourth-order valence-electron chi connectivity index (χ4n) is 2.31. The third-order valence-corrected chi connectivity index (χ3v) is 6.56. The minimum atomic E-state index is -3.09. The fraction of sp³-hybridized carbons (Fsp3) is 0.538. The van der Waals surface area contributed by atoms with Crippen molar-refractivity contribution in [3.8, 4) is 0 Å². The molecule has 0 radical (unpaired) electrons. The van der Waals surface area contributed by atoms with Gasteiger partial charge in [0.2, 0.25) is 0 Å². The molecule has 1 aliphatic rings. The van der Waals surface area contributed by atoms with Gasteiger partial charge in [0.25, 0.3) is 0 Å². The molecular formula is C13H19BrN2O2S2. The Bertz CT molecular complexity index is 578. The minimum absolute atomic E-state index is 0.437. The van der Waals surface area contributed by atoms with Crippen LogP contribution in [0.2, 0.25) is 0 Å². The average molecular weight is 379 g/mol. The van der Waals surface area contributed by atoms with E-state index in [9.17, 15) is 8.42 Å². The second-order valence-corrected chi connectivity index (χ2v) is 9.08. The van der Waals surface area contributed by atoms with Crippen LogP contribution in [0.5, 0.6) is 0 Å². The average Bonchev–Trinajstić information content (AvgIpc) is 2.38. The Morgan fingerprint density at radius 2 is 2.25 bits per heavy atom. The molecule has 112 valence electrons. The van der Waals surface area contributed by atoms with Gasteiger partial charge in [0.1, 0.15) is 5.37 Å². The Morgan fingerprint density at radius 1 is 1.50 bits per heavy atom. The van der Waals surface area contributed by atoms with E-state index in [2.05, 4.69) is 21.2 Å². The molecule has 1 atom stereocenters. The SMILES string of the molecule is CNCc1ccc(N2CCSCC2S(C)(=O)=O)c(Br)c1. The molecular weight excluding hydrogens is 360 g/mol. The summed E-state index contributed by atoms with van der Waals surface area (Å²) in [5.41, 5.74) is 2.13. The van der Waals surface area contributed by atoms with Crippen molar-refractivity contribution in [1.29, 1.82) is 0 Å². The summed E-state index contributed by atoms with van der Waals surface area (Å²) in [5, 5.41) is 2.67. The number of benzene rings is 1. The Morgan fingerprint density at radius 3 is 2.85 bits per heavy atom. The molecule has 0 aliphatic carbocycles. The van der Waals surface area contributed by atoms with Crippen LogP contribution in [0.4, 0.5) is 5.69 Å². The molecule has 1 aromatic carbocycles. The van der Waals surface area contributed by atoms with E-state index in [1.54, 1.807) is 11.8 Å². The van der Waals surface area contributed by atoms with Crippen molar-refractivity contribution in [2.24, 2.45) is 0 Å². The van der Waals surface area contributed by atoms with Crippen LogP contribution >= 0.6 is 27.7 Å². The van der Waals surface area contributed by atoms with Crippen LogP contribution in [0.3, 0.4) is 0 Å². The minimum Gasteiger partial charge on any atom is -0.353 e. The molecule has 1 fully saturated rings. The van der Waals surface area contributed by atoms with E-state index in [1.165, 1.54) is 11.8 Å². The van der Waals surface area contributed by atoms with E-state index in [0.29, 0.717) is 5.75 Å². The smallest absolute Gasteiger partial charge is 0.169 e. The quantitative estimate of drug-likeness (QED) is 0.868. The van der Waals surface area contributed by atoms with Gasteiger partial charge in [0.05, 0.1) is 5.69 Å². The molecule has 0 saturated carbocycles. The van der Waals surface area contributed by atoms with Crippen molar-refractivity contribution in [1.82, 2.24) is 5.32 Å². The normalized spacial score (nSPS) is 20.1. The van der Waals surface area contributed by atoms with Crippen molar-refractivity contribution in [2.75, 3.05) is 36.3 Å². The lowest BCUT2D eigenvalue weighted by Crippen LogP contribution is -2.47. The Balaban J connectivity index is 2.33. The van der Waals surface area contributed by atoms with Crippen LogP contribution in [-0.4, -0.2) is 45.1 Å². The monoisotopic (exact) mass is 378 g/mol. The summed E-state index contributed by atoms with van der Waals surface area (Å²) in [5.74, 6) is 1.58. The summed E-state index contributed by atoms with van der Waals surface area (Å²) < 4.78 is 24.9. The predicted molar refractivity (Wildman–Crippen MR) is 90.2 cm³/mol. The van der Waals surface area contributed by atoms with Gasteiger partial charge in [-0.3, -0.25) is 0 Å². The summed E-state index contributed by atoms with van der Waals surface area (Å²) in [6.45, 7) is 1.55. The number of sulfone groups is 1. The number of halogens is 1. The van der Waals surface area contributed by atoms with Gasteiger partial charge in [-0.2, -0.15) is 11.8 Å². The molecule has 0 bridgehead atoms. The largest absolute Gasteiger partial charge is 0.353 e. The zero-order chi connectivity index (χ0) is 14.8. The molecule has 1 aliphatic heterocycles. The summed E-state index contributed by atoms with van der Waals surface area (Å²) >= 11 is 5.28. The van der Waals surface area contributed by atoms with Crippen molar-refractivity contribution in [3.05, 3.63) is 28.2 Å². The summed E-state index contributed by atoms with van der Waals surface area (Å²) in [6, 6.07) is 6.09. The van der Waals surface area contributed by atoms with Crippen LogP contribution in [0.15, 0.2) is 22.7 Å². The summed E-state index contributed by atoms with van der Waals surface area (Å²) in [6.07, 6.45) is 1.32. The number of thioether (sulfide) groups is 1. The van der Waals surface area contributed by atoms with Crippen molar-refractivity contribution in [2.45, 2.75) is 11.9 Å². The highest BCUT2D eigenvalue weighted by Crippen LogP contribution is 2.33. The second kappa shape index (κ2) is 6.68. The Labute approximate surface area is 133 Å². The standard InChI is InChI=1S/C13H19BrN2O2S2/c1-15-8-10-3-4-12(11(14)7-10)16-5-6-19-9-13(16)20(2,17)18/h3-4,7,13,15H,5-6,8-9H2,1-2H3. The number of hydrogen-bond acceptors (Lipinski definition) is 5. The molecule has 0 aromatic heterocycles. The van der Waals surface area contributed by atoms with Gasteiger partial charge in [0, 0.05) is 35.3 Å². The maximum absolute atomic E-state index is 12.0. The van der Waals surface area contributed by atoms with E-state index in [1.807, 2.05) is 30.1 Å². The van der Waals surface area contributed by atoms with Crippen LogP contribution in [0, 0.1) is 0 Å². The molecule has 2 rings (SSSR count). The van der Waals surface area contributed by atoms with Gasteiger partial charge >= 0.3 is 0 Å². The van der Waals surface area contributed by atoms with Crippen molar-refractivity contribution >= 4 is 43.2 Å². The predicted octanol–water partition coefficient (Wildman–Crippen LogP) is 2.09. The molecule has 1 unspecified atom stereocenters. The molecule has 0 amide bonds. The molecule has 1 N–H and O–H groups in total. The number of nitrogens with zero attached hydrogens (tertiary/aromatic N) is 1. The first-order valence-corrected chi connectivity index (χ1v) is 10.3. The number of nitrogens with one attached hydrogen (secondary N) is 1. The lowest BCUT2D eigenvalue weighted by molar-refractivity contribution is 0.584. The maximum atomic E-state index is 12.0. The molecule has 7 heteroatoms.